The molecule has 18 heavy (non-hydrogen) atoms. The van der Waals surface area contributed by atoms with Gasteiger partial charge in [-0.3, -0.25) is 9.78 Å². The third-order valence-electron chi connectivity index (χ3n) is 2.73. The molecule has 0 atom stereocenters. The summed E-state index contributed by atoms with van der Waals surface area (Å²) >= 11 is 0. The molecule has 2 heterocycles. The Morgan fingerprint density at radius 1 is 1.33 bits per heavy atom. The fourth-order valence-electron chi connectivity index (χ4n) is 1.79. The highest BCUT2D eigenvalue weighted by molar-refractivity contribution is 5.94. The van der Waals surface area contributed by atoms with Crippen LogP contribution in [0.3, 0.4) is 0 Å². The second-order valence-corrected chi connectivity index (χ2v) is 4.12. The molecule has 2 aromatic heterocycles. The number of carbonyl (C=O) groups is 1. The van der Waals surface area contributed by atoms with Gasteiger partial charge < -0.3 is 0 Å². The Morgan fingerprint density at radius 3 is 2.83 bits per heavy atom. The van der Waals surface area contributed by atoms with Crippen molar-refractivity contribution in [2.45, 2.75) is 32.7 Å². The van der Waals surface area contributed by atoms with Gasteiger partial charge in [0.15, 0.2) is 5.78 Å². The Balaban J connectivity index is 1.97. The van der Waals surface area contributed by atoms with Crippen LogP contribution in [0.25, 0.3) is 0 Å². The molecule has 0 saturated heterocycles. The smallest absolute Gasteiger partial charge is 0.182 e. The first-order valence-corrected chi connectivity index (χ1v) is 6.12. The van der Waals surface area contributed by atoms with E-state index in [9.17, 15) is 4.79 Å². The minimum atomic E-state index is 0.0882. The summed E-state index contributed by atoms with van der Waals surface area (Å²) in [5, 5.41) is 7.72. The van der Waals surface area contributed by atoms with E-state index in [2.05, 4.69) is 15.3 Å². The number of pyridine rings is 1. The van der Waals surface area contributed by atoms with Gasteiger partial charge in [0, 0.05) is 25.4 Å². The number of aryl methyl sites for hydroxylation is 2. The van der Waals surface area contributed by atoms with Crippen LogP contribution >= 0.6 is 0 Å². The average Bonchev–Trinajstić information content (AvgIpc) is 2.86. The van der Waals surface area contributed by atoms with Crippen molar-refractivity contribution in [2.24, 2.45) is 0 Å². The van der Waals surface area contributed by atoms with E-state index in [1.165, 1.54) is 0 Å². The van der Waals surface area contributed by atoms with E-state index in [-0.39, 0.29) is 5.78 Å². The van der Waals surface area contributed by atoms with Crippen molar-refractivity contribution in [1.82, 2.24) is 20.0 Å². The van der Waals surface area contributed by atoms with Crippen LogP contribution in [0.4, 0.5) is 0 Å². The molecule has 2 aromatic rings. The minimum absolute atomic E-state index is 0.0882. The first-order chi connectivity index (χ1) is 8.81. The summed E-state index contributed by atoms with van der Waals surface area (Å²) in [6.07, 6.45) is 7.16. The van der Waals surface area contributed by atoms with Crippen LogP contribution in [-0.2, 0) is 13.0 Å². The highest BCUT2D eigenvalue weighted by Crippen LogP contribution is 2.07. The lowest BCUT2D eigenvalue weighted by Crippen LogP contribution is -2.11. The minimum Gasteiger partial charge on any atom is -0.292 e. The Labute approximate surface area is 106 Å². The molecule has 0 unspecified atom stereocenters. The molecule has 0 radical (unpaired) electrons. The van der Waals surface area contributed by atoms with Gasteiger partial charge >= 0.3 is 0 Å². The normalized spacial score (nSPS) is 10.5. The van der Waals surface area contributed by atoms with E-state index in [0.29, 0.717) is 12.1 Å². The summed E-state index contributed by atoms with van der Waals surface area (Å²) in [5.74, 6) is 0.0882. The van der Waals surface area contributed by atoms with Crippen LogP contribution in [0.5, 0.6) is 0 Å². The van der Waals surface area contributed by atoms with Crippen molar-refractivity contribution in [2.75, 3.05) is 0 Å². The largest absolute Gasteiger partial charge is 0.292 e. The van der Waals surface area contributed by atoms with Crippen LogP contribution in [0.1, 0.15) is 35.8 Å². The molecular formula is C13H16N4O. The van der Waals surface area contributed by atoms with E-state index >= 15 is 0 Å². The lowest BCUT2D eigenvalue weighted by Gasteiger charge is -2.03. The molecule has 0 aliphatic heterocycles. The number of ketones is 1. The number of Topliss-reactive ketones (excluding diaryl/α,β-unsaturated/α-hetero) is 1. The molecule has 0 bridgehead atoms. The number of hydrogen-bond donors (Lipinski definition) is 0. The van der Waals surface area contributed by atoms with Crippen molar-refractivity contribution in [3.63, 3.8) is 0 Å². The van der Waals surface area contributed by atoms with Gasteiger partial charge in [0.1, 0.15) is 5.69 Å². The predicted molar refractivity (Wildman–Crippen MR) is 67.2 cm³/mol. The van der Waals surface area contributed by atoms with Gasteiger partial charge in [-0.1, -0.05) is 12.1 Å². The van der Waals surface area contributed by atoms with Gasteiger partial charge in [-0.25, -0.2) is 4.68 Å². The zero-order valence-corrected chi connectivity index (χ0v) is 10.4. The van der Waals surface area contributed by atoms with E-state index < -0.39 is 0 Å². The standard InChI is InChI=1S/C13H16N4O/c1-2-9-17-12(10-15-16-17)13(18)4-3-11-5-7-14-8-6-11/h5-8,10H,2-4,9H2,1H3. The summed E-state index contributed by atoms with van der Waals surface area (Å²) < 4.78 is 1.68. The second kappa shape index (κ2) is 6.05. The fourth-order valence-corrected chi connectivity index (χ4v) is 1.79. The summed E-state index contributed by atoms with van der Waals surface area (Å²) in [5.41, 5.74) is 1.72. The monoisotopic (exact) mass is 244 g/mol. The Kier molecular flexibility index (Phi) is 4.17. The van der Waals surface area contributed by atoms with Gasteiger partial charge in [0.2, 0.25) is 0 Å². The molecule has 0 spiro atoms. The van der Waals surface area contributed by atoms with Crippen molar-refractivity contribution >= 4 is 5.78 Å². The van der Waals surface area contributed by atoms with Gasteiger partial charge in [-0.15, -0.1) is 5.10 Å². The molecule has 0 aliphatic carbocycles. The number of nitrogens with zero attached hydrogens (tertiary/aromatic N) is 4. The van der Waals surface area contributed by atoms with Crippen LogP contribution in [0.15, 0.2) is 30.7 Å². The van der Waals surface area contributed by atoms with E-state index in [4.69, 9.17) is 0 Å². The quantitative estimate of drug-likeness (QED) is 0.728. The molecule has 0 aromatic carbocycles. The Bertz CT molecular complexity index is 507. The molecule has 0 aliphatic rings. The molecular weight excluding hydrogens is 228 g/mol. The van der Waals surface area contributed by atoms with Crippen LogP contribution in [0.2, 0.25) is 0 Å². The molecule has 5 heteroatoms. The SMILES string of the molecule is CCCn1nncc1C(=O)CCc1ccncc1. The van der Waals surface area contributed by atoms with Crippen molar-refractivity contribution in [3.8, 4) is 0 Å². The number of carbonyl (C=O) groups excluding carboxylic acids is 1. The van der Waals surface area contributed by atoms with Crippen LogP contribution in [0, 0.1) is 0 Å². The van der Waals surface area contributed by atoms with Gasteiger partial charge in [0.25, 0.3) is 0 Å². The molecule has 2 rings (SSSR count). The zero-order valence-electron chi connectivity index (χ0n) is 10.4. The molecule has 0 saturated carbocycles. The average molecular weight is 244 g/mol. The summed E-state index contributed by atoms with van der Waals surface area (Å²) in [6, 6.07) is 3.85. The Hall–Kier alpha value is -2.04. The fraction of sp³-hybridized carbons (Fsp3) is 0.385. The van der Waals surface area contributed by atoms with Crippen molar-refractivity contribution in [1.29, 1.82) is 0 Å². The molecule has 5 nitrogen and oxygen atoms in total. The van der Waals surface area contributed by atoms with Gasteiger partial charge in [0.05, 0.1) is 6.20 Å². The molecule has 0 fully saturated rings. The van der Waals surface area contributed by atoms with Crippen LogP contribution < -0.4 is 0 Å². The highest BCUT2D eigenvalue weighted by Gasteiger charge is 2.12. The van der Waals surface area contributed by atoms with E-state index in [1.807, 2.05) is 19.1 Å². The lowest BCUT2D eigenvalue weighted by atomic mass is 10.1. The maximum atomic E-state index is 12.1. The first-order valence-electron chi connectivity index (χ1n) is 6.12. The lowest BCUT2D eigenvalue weighted by molar-refractivity contribution is 0.0972. The molecule has 0 amide bonds. The summed E-state index contributed by atoms with van der Waals surface area (Å²) in [6.45, 7) is 2.78. The van der Waals surface area contributed by atoms with Crippen molar-refractivity contribution < 1.29 is 4.79 Å². The number of rotatable bonds is 6. The third kappa shape index (κ3) is 3.00. The summed E-state index contributed by atoms with van der Waals surface area (Å²) in [4.78, 5) is 16.0. The molecule has 94 valence electrons. The third-order valence-corrected chi connectivity index (χ3v) is 2.73. The second-order valence-electron chi connectivity index (χ2n) is 4.12. The number of aromatic nitrogens is 4. The van der Waals surface area contributed by atoms with Gasteiger partial charge in [-0.2, -0.15) is 0 Å². The van der Waals surface area contributed by atoms with E-state index in [1.54, 1.807) is 23.3 Å². The topological polar surface area (TPSA) is 60.7 Å². The van der Waals surface area contributed by atoms with Crippen molar-refractivity contribution in [3.05, 3.63) is 42.0 Å². The number of hydrogen-bond acceptors (Lipinski definition) is 4. The first kappa shape index (κ1) is 12.4. The maximum absolute atomic E-state index is 12.1. The molecule has 0 N–H and O–H groups in total. The highest BCUT2D eigenvalue weighted by atomic mass is 16.1. The maximum Gasteiger partial charge on any atom is 0.182 e. The predicted octanol–water partition coefficient (Wildman–Crippen LogP) is 1.90. The summed E-state index contributed by atoms with van der Waals surface area (Å²) in [7, 11) is 0. The zero-order chi connectivity index (χ0) is 12.8. The Morgan fingerprint density at radius 2 is 2.11 bits per heavy atom. The van der Waals surface area contributed by atoms with Gasteiger partial charge in [-0.05, 0) is 30.5 Å². The van der Waals surface area contributed by atoms with Crippen LogP contribution in [-0.4, -0.2) is 25.8 Å². The van der Waals surface area contributed by atoms with E-state index in [0.717, 1.165) is 24.9 Å².